The average Bonchev–Trinajstić information content (AvgIpc) is 2.29. The Balaban J connectivity index is 0.00000144. The lowest BCUT2D eigenvalue weighted by Gasteiger charge is -2.12. The van der Waals surface area contributed by atoms with E-state index < -0.39 is 0 Å². The van der Waals surface area contributed by atoms with E-state index >= 15 is 0 Å². The van der Waals surface area contributed by atoms with Crippen molar-refractivity contribution in [1.82, 2.24) is 4.98 Å². The number of nitrogens with zero attached hydrogens (tertiary/aromatic N) is 3. The molecular weight excluding hydrogens is 416 g/mol. The van der Waals surface area contributed by atoms with Crippen LogP contribution in [0.4, 0.5) is 5.82 Å². The third-order valence-electron chi connectivity index (χ3n) is 2.14. The van der Waals surface area contributed by atoms with Gasteiger partial charge in [0.1, 0.15) is 0 Å². The van der Waals surface area contributed by atoms with Crippen LogP contribution in [-0.4, -0.2) is 12.0 Å². The predicted molar refractivity (Wildman–Crippen MR) is 67.4 cm³/mol. The first-order valence-electron chi connectivity index (χ1n) is 4.70. The molecule has 0 aliphatic rings. The monoisotopic (exact) mass is 425 g/mol. The van der Waals surface area contributed by atoms with Gasteiger partial charge in [-0.05, 0) is 22.0 Å². The van der Waals surface area contributed by atoms with Crippen LogP contribution in [0, 0.1) is 0 Å². The number of hydrogen-bond acceptors (Lipinski definition) is 2. The van der Waals surface area contributed by atoms with Gasteiger partial charge >= 0.3 is 0 Å². The molecule has 0 fully saturated rings. The molecule has 0 unspecified atom stereocenters. The molecule has 90 valence electrons. The van der Waals surface area contributed by atoms with Crippen molar-refractivity contribution >= 4 is 33.3 Å². The number of hydrogen-bond donors (Lipinski definition) is 0. The summed E-state index contributed by atoms with van der Waals surface area (Å²) in [7, 11) is 1.93. The van der Waals surface area contributed by atoms with Crippen LogP contribution >= 0.6 is 27.5 Å². The van der Waals surface area contributed by atoms with Crippen LogP contribution in [0.15, 0.2) is 47.3 Å². The molecule has 0 aliphatic heterocycles. The molecule has 6 heteroatoms. The van der Waals surface area contributed by atoms with E-state index in [1.54, 1.807) is 6.20 Å². The maximum atomic E-state index is 5.85. The molecule has 0 amide bonds. The lowest BCUT2D eigenvalue weighted by Crippen LogP contribution is -3.00. The van der Waals surface area contributed by atoms with Gasteiger partial charge < -0.3 is 24.0 Å². The molecular formula is C11H10BrClIN3. The van der Waals surface area contributed by atoms with E-state index in [9.17, 15) is 0 Å². The molecule has 0 radical (unpaired) electrons. The molecule has 3 nitrogen and oxygen atoms in total. The summed E-state index contributed by atoms with van der Waals surface area (Å²) < 4.78 is 2.79. The smallest absolute Gasteiger partial charge is 0.202 e. The zero-order valence-electron chi connectivity index (χ0n) is 9.02. The van der Waals surface area contributed by atoms with Crippen LogP contribution in [0.3, 0.4) is 0 Å². The summed E-state index contributed by atoms with van der Waals surface area (Å²) in [5, 5.41) is 2.53. The molecule has 2 aromatic heterocycles. The minimum atomic E-state index is 0. The largest absolute Gasteiger partial charge is 1.00 e. The summed E-state index contributed by atoms with van der Waals surface area (Å²) in [4.78, 5) is 4.28. The Morgan fingerprint density at radius 2 is 1.94 bits per heavy atom. The van der Waals surface area contributed by atoms with E-state index in [4.69, 9.17) is 11.6 Å². The van der Waals surface area contributed by atoms with E-state index in [0.717, 1.165) is 10.3 Å². The van der Waals surface area contributed by atoms with Crippen LogP contribution in [0.25, 0.3) is 0 Å². The number of pyridine rings is 2. The highest BCUT2D eigenvalue weighted by Gasteiger charge is 2.14. The van der Waals surface area contributed by atoms with Crippen molar-refractivity contribution in [3.8, 4) is 0 Å². The van der Waals surface area contributed by atoms with E-state index in [-0.39, 0.29) is 24.0 Å². The van der Waals surface area contributed by atoms with E-state index in [0.29, 0.717) is 5.02 Å². The van der Waals surface area contributed by atoms with Crippen molar-refractivity contribution in [2.24, 2.45) is 0 Å². The molecule has 2 heterocycles. The van der Waals surface area contributed by atoms with Gasteiger partial charge in [0.05, 0.1) is 16.5 Å². The fourth-order valence-electron chi connectivity index (χ4n) is 1.34. The van der Waals surface area contributed by atoms with Crippen molar-refractivity contribution in [2.45, 2.75) is 0 Å². The average molecular weight is 426 g/mol. The number of anilines is 1. The van der Waals surface area contributed by atoms with E-state index in [1.165, 1.54) is 0 Å². The molecule has 0 aromatic carbocycles. The SMILES string of the molecule is CN(c1ncc(Cl)cc1Br)[n+]1ccccc1.[I-]. The van der Waals surface area contributed by atoms with Gasteiger partial charge in [0.25, 0.3) is 0 Å². The summed E-state index contributed by atoms with van der Waals surface area (Å²) in [6, 6.07) is 7.71. The lowest BCUT2D eigenvalue weighted by molar-refractivity contribution is -0.681. The number of aromatic nitrogens is 2. The normalized spacial score (nSPS) is 9.59. The molecule has 0 N–H and O–H groups in total. The fourth-order valence-corrected chi connectivity index (χ4v) is 2.24. The Labute approximate surface area is 131 Å². The summed E-state index contributed by atoms with van der Waals surface area (Å²) in [6.07, 6.45) is 5.52. The maximum Gasteiger partial charge on any atom is 0.202 e. The molecule has 0 aliphatic carbocycles. The zero-order valence-corrected chi connectivity index (χ0v) is 13.5. The fraction of sp³-hybridized carbons (Fsp3) is 0.0909. The van der Waals surface area contributed by atoms with Crippen LogP contribution in [0.1, 0.15) is 0 Å². The Kier molecular flexibility index (Phi) is 5.61. The molecule has 2 aromatic rings. The summed E-state index contributed by atoms with van der Waals surface area (Å²) >= 11 is 9.29. The zero-order chi connectivity index (χ0) is 11.5. The molecule has 17 heavy (non-hydrogen) atoms. The topological polar surface area (TPSA) is 20.0 Å². The van der Waals surface area contributed by atoms with Crippen molar-refractivity contribution in [1.29, 1.82) is 0 Å². The first-order valence-corrected chi connectivity index (χ1v) is 5.87. The van der Waals surface area contributed by atoms with Gasteiger partial charge in [0, 0.05) is 18.3 Å². The minimum absolute atomic E-state index is 0. The second-order valence-corrected chi connectivity index (χ2v) is 4.53. The van der Waals surface area contributed by atoms with Crippen molar-refractivity contribution < 1.29 is 28.7 Å². The highest BCUT2D eigenvalue weighted by atomic mass is 127. The Morgan fingerprint density at radius 3 is 2.53 bits per heavy atom. The standard InChI is InChI=1S/C11H10BrClN3.HI/c1-15(16-5-3-2-4-6-16)11-10(12)7-9(13)8-14-11;/h2-8H,1H3;1H/q+1;/p-1. The van der Waals surface area contributed by atoms with E-state index in [2.05, 4.69) is 20.9 Å². The van der Waals surface area contributed by atoms with Crippen molar-refractivity contribution in [3.63, 3.8) is 0 Å². The van der Waals surface area contributed by atoms with Crippen LogP contribution in [-0.2, 0) is 0 Å². The van der Waals surface area contributed by atoms with Gasteiger partial charge in [0.15, 0.2) is 12.4 Å². The summed E-state index contributed by atoms with van der Waals surface area (Å²) in [5.74, 6) is 0.806. The van der Waals surface area contributed by atoms with Crippen LogP contribution in [0.2, 0.25) is 5.02 Å². The second kappa shape index (κ2) is 6.51. The highest BCUT2D eigenvalue weighted by molar-refractivity contribution is 9.10. The van der Waals surface area contributed by atoms with Crippen LogP contribution in [0.5, 0.6) is 0 Å². The summed E-state index contributed by atoms with van der Waals surface area (Å²) in [6.45, 7) is 0. The second-order valence-electron chi connectivity index (χ2n) is 3.24. The Hall–Kier alpha value is -0.400. The molecule has 2 rings (SSSR count). The summed E-state index contributed by atoms with van der Waals surface area (Å²) in [5.41, 5.74) is 0. The first kappa shape index (κ1) is 14.7. The molecule has 0 saturated carbocycles. The number of halogens is 3. The first-order chi connectivity index (χ1) is 7.68. The highest BCUT2D eigenvalue weighted by Crippen LogP contribution is 2.24. The third kappa shape index (κ3) is 3.53. The minimum Gasteiger partial charge on any atom is -1.00 e. The quantitative estimate of drug-likeness (QED) is 0.485. The van der Waals surface area contributed by atoms with E-state index in [1.807, 2.05) is 53.4 Å². The Bertz CT molecular complexity index is 495. The molecule has 0 spiro atoms. The van der Waals surface area contributed by atoms with Crippen molar-refractivity contribution in [2.75, 3.05) is 12.1 Å². The third-order valence-corrected chi connectivity index (χ3v) is 2.93. The van der Waals surface area contributed by atoms with Gasteiger partial charge in [0.2, 0.25) is 5.82 Å². The predicted octanol–water partition coefficient (Wildman–Crippen LogP) is -0.312. The van der Waals surface area contributed by atoms with Crippen molar-refractivity contribution in [3.05, 3.63) is 52.4 Å². The number of rotatable bonds is 2. The molecule has 0 bridgehead atoms. The van der Waals surface area contributed by atoms with Gasteiger partial charge in [-0.1, -0.05) is 22.3 Å². The van der Waals surface area contributed by atoms with Crippen LogP contribution < -0.4 is 33.7 Å². The maximum absolute atomic E-state index is 5.85. The van der Waals surface area contributed by atoms with Gasteiger partial charge in [-0.25, -0.2) is 4.98 Å². The van der Waals surface area contributed by atoms with Gasteiger partial charge in [-0.2, -0.15) is 0 Å². The lowest BCUT2D eigenvalue weighted by atomic mass is 10.4. The molecule has 0 saturated heterocycles. The van der Waals surface area contributed by atoms with Gasteiger partial charge in [-0.15, -0.1) is 5.01 Å². The van der Waals surface area contributed by atoms with Gasteiger partial charge in [-0.3, -0.25) is 0 Å². The molecule has 0 atom stereocenters. The Morgan fingerprint density at radius 1 is 1.29 bits per heavy atom.